The van der Waals surface area contributed by atoms with Crippen LogP contribution in [0.25, 0.3) is 0 Å². The third-order valence-electron chi connectivity index (χ3n) is 3.78. The number of carbonyl (C=O) groups is 2. The van der Waals surface area contributed by atoms with Crippen LogP contribution in [-0.4, -0.2) is 36.7 Å². The van der Waals surface area contributed by atoms with Crippen LogP contribution in [0.1, 0.15) is 27.2 Å². The van der Waals surface area contributed by atoms with Gasteiger partial charge in [-0.25, -0.2) is 9.54 Å². The predicted octanol–water partition coefficient (Wildman–Crippen LogP) is 7.11. The van der Waals surface area contributed by atoms with E-state index in [1.54, 1.807) is 36.0 Å². The standard InChI is InChI=1S/C22H30N3O4PS2/c1-4-16-32-30(28-5-2,23-15-17-31-21-9-7-6-8-10-21)29-22(27)25-20-13-11-19(12-14-20)24-18(3)26/h6-14H,4-5,15-17H2,1-3H3,(H,24,26)(H,25,27). The van der Waals surface area contributed by atoms with Crippen molar-refractivity contribution in [2.75, 3.05) is 35.3 Å². The fourth-order valence-corrected chi connectivity index (χ4v) is 7.77. The molecule has 1 unspecified atom stereocenters. The Kier molecular flexibility index (Phi) is 11.7. The summed E-state index contributed by atoms with van der Waals surface area (Å²) in [5, 5.41) is 5.41. The van der Waals surface area contributed by atoms with Gasteiger partial charge in [0.25, 0.3) is 0 Å². The summed E-state index contributed by atoms with van der Waals surface area (Å²) in [4.78, 5) is 25.0. The van der Waals surface area contributed by atoms with Crippen LogP contribution in [0.3, 0.4) is 0 Å². The largest absolute Gasteiger partial charge is 0.417 e. The maximum atomic E-state index is 12.6. The van der Waals surface area contributed by atoms with Crippen LogP contribution in [0, 0.1) is 0 Å². The van der Waals surface area contributed by atoms with Gasteiger partial charge in [0.1, 0.15) is 0 Å². The van der Waals surface area contributed by atoms with Gasteiger partial charge in [0.05, 0.1) is 13.2 Å². The normalized spacial score (nSPS) is 12.5. The van der Waals surface area contributed by atoms with E-state index in [1.807, 2.05) is 25.1 Å². The molecular weight excluding hydrogens is 465 g/mol. The Morgan fingerprint density at radius 1 is 0.969 bits per heavy atom. The number of nitrogens with zero attached hydrogens (tertiary/aromatic N) is 1. The SMILES string of the molecule is CCCSP(=NCCSc1ccccc1)(OCC)OC(=O)Nc1ccc(NC(C)=O)cc1. The van der Waals surface area contributed by atoms with Gasteiger partial charge in [-0.15, -0.1) is 11.8 Å². The molecule has 2 rings (SSSR count). The molecule has 174 valence electrons. The monoisotopic (exact) mass is 495 g/mol. The van der Waals surface area contributed by atoms with E-state index in [4.69, 9.17) is 13.8 Å². The van der Waals surface area contributed by atoms with Crippen LogP contribution in [0.5, 0.6) is 0 Å². The van der Waals surface area contributed by atoms with Crippen LogP contribution in [0.2, 0.25) is 0 Å². The fourth-order valence-electron chi connectivity index (χ4n) is 2.50. The number of hydrogen-bond donors (Lipinski definition) is 2. The van der Waals surface area contributed by atoms with E-state index in [-0.39, 0.29) is 5.91 Å². The second kappa shape index (κ2) is 14.3. The maximum absolute atomic E-state index is 12.6. The summed E-state index contributed by atoms with van der Waals surface area (Å²) in [6.07, 6.45) is 0.311. The van der Waals surface area contributed by atoms with E-state index in [1.165, 1.54) is 23.2 Å². The van der Waals surface area contributed by atoms with Gasteiger partial charge in [-0.3, -0.25) is 10.1 Å². The second-order valence-electron chi connectivity index (χ2n) is 6.51. The zero-order valence-electron chi connectivity index (χ0n) is 18.6. The number of anilines is 2. The molecule has 0 radical (unpaired) electrons. The van der Waals surface area contributed by atoms with E-state index in [0.717, 1.165) is 17.9 Å². The summed E-state index contributed by atoms with van der Waals surface area (Å²) in [6, 6.07) is 16.9. The first-order valence-corrected chi connectivity index (χ1v) is 14.5. The molecule has 1 atom stereocenters. The number of amides is 2. The summed E-state index contributed by atoms with van der Waals surface area (Å²) < 4.78 is 16.4. The molecule has 32 heavy (non-hydrogen) atoms. The highest BCUT2D eigenvalue weighted by Crippen LogP contribution is 2.64. The number of carbonyl (C=O) groups excluding carboxylic acids is 2. The summed E-state index contributed by atoms with van der Waals surface area (Å²) in [5.41, 5.74) is 1.20. The highest BCUT2D eigenvalue weighted by Gasteiger charge is 2.27. The lowest BCUT2D eigenvalue weighted by molar-refractivity contribution is -0.114. The van der Waals surface area contributed by atoms with Gasteiger partial charge in [0.2, 0.25) is 5.91 Å². The zero-order chi connectivity index (χ0) is 23.2. The number of rotatable bonds is 12. The number of thioether (sulfide) groups is 1. The fraction of sp³-hybridized carbons (Fsp3) is 0.364. The first kappa shape index (κ1) is 26.3. The zero-order valence-corrected chi connectivity index (χ0v) is 21.1. The Morgan fingerprint density at radius 3 is 2.22 bits per heavy atom. The van der Waals surface area contributed by atoms with Gasteiger partial charge in [0.15, 0.2) is 0 Å². The highest BCUT2D eigenvalue weighted by molar-refractivity contribution is 8.56. The molecule has 2 aromatic rings. The van der Waals surface area contributed by atoms with Crippen LogP contribution >= 0.6 is 29.9 Å². The Morgan fingerprint density at radius 2 is 1.62 bits per heavy atom. The molecule has 0 aliphatic carbocycles. The molecule has 2 N–H and O–H groups in total. The lowest BCUT2D eigenvalue weighted by atomic mass is 10.3. The van der Waals surface area contributed by atoms with E-state index >= 15 is 0 Å². The smallest absolute Gasteiger partial charge is 0.381 e. The van der Waals surface area contributed by atoms with Crippen molar-refractivity contribution < 1.29 is 18.6 Å². The van der Waals surface area contributed by atoms with E-state index in [9.17, 15) is 9.59 Å². The molecule has 7 nitrogen and oxygen atoms in total. The molecule has 0 aliphatic rings. The van der Waals surface area contributed by atoms with Crippen molar-refractivity contribution >= 4 is 53.2 Å². The molecule has 0 bridgehead atoms. The van der Waals surface area contributed by atoms with Crippen LogP contribution in [0.4, 0.5) is 16.2 Å². The molecular formula is C22H30N3O4PS2. The third kappa shape index (κ3) is 9.69. The Bertz CT molecular complexity index is 911. The van der Waals surface area contributed by atoms with E-state index in [0.29, 0.717) is 24.5 Å². The molecule has 10 heteroatoms. The summed E-state index contributed by atoms with van der Waals surface area (Å²) >= 11 is 3.17. The second-order valence-corrected chi connectivity index (χ2v) is 12.2. The van der Waals surface area contributed by atoms with Crippen molar-refractivity contribution in [2.24, 2.45) is 4.74 Å². The molecule has 2 amide bonds. The van der Waals surface area contributed by atoms with Gasteiger partial charge < -0.3 is 14.4 Å². The molecule has 0 saturated heterocycles. The number of nitrogens with one attached hydrogen (secondary N) is 2. The summed E-state index contributed by atoms with van der Waals surface area (Å²) in [7, 11) is 0. The van der Waals surface area contributed by atoms with Gasteiger partial charge in [-0.05, 0) is 61.1 Å². The molecule has 0 heterocycles. The molecule has 0 aliphatic heterocycles. The van der Waals surface area contributed by atoms with E-state index in [2.05, 4.69) is 29.7 Å². The first-order chi connectivity index (χ1) is 15.5. The Labute approximate surface area is 198 Å². The minimum absolute atomic E-state index is 0.156. The van der Waals surface area contributed by atoms with Gasteiger partial charge in [-0.1, -0.05) is 25.1 Å². The average Bonchev–Trinajstić information content (AvgIpc) is 2.77. The van der Waals surface area contributed by atoms with Gasteiger partial charge in [-0.2, -0.15) is 0 Å². The van der Waals surface area contributed by atoms with Crippen molar-refractivity contribution in [1.29, 1.82) is 0 Å². The molecule has 0 spiro atoms. The summed E-state index contributed by atoms with van der Waals surface area (Å²) in [5.74, 6) is 1.39. The first-order valence-electron chi connectivity index (χ1n) is 10.4. The van der Waals surface area contributed by atoms with Gasteiger partial charge in [0, 0.05) is 34.7 Å². The van der Waals surface area contributed by atoms with Crippen molar-refractivity contribution in [1.82, 2.24) is 0 Å². The minimum Gasteiger partial charge on any atom is -0.381 e. The topological polar surface area (TPSA) is 89.0 Å². The third-order valence-corrected chi connectivity index (χ3v) is 9.63. The highest BCUT2D eigenvalue weighted by atomic mass is 32.7. The van der Waals surface area contributed by atoms with E-state index < -0.39 is 12.8 Å². The average molecular weight is 496 g/mol. The quantitative estimate of drug-likeness (QED) is 0.185. The Balaban J connectivity index is 2.05. The molecule has 0 fully saturated rings. The predicted molar refractivity (Wildman–Crippen MR) is 137 cm³/mol. The molecule has 0 saturated carbocycles. The molecule has 2 aromatic carbocycles. The van der Waals surface area contributed by atoms with Crippen LogP contribution in [-0.2, 0) is 13.8 Å². The van der Waals surface area contributed by atoms with Crippen molar-refractivity contribution in [3.05, 3.63) is 54.6 Å². The lowest BCUT2D eigenvalue weighted by Crippen LogP contribution is -2.13. The number of hydrogen-bond acceptors (Lipinski definition) is 7. The van der Waals surface area contributed by atoms with Crippen LogP contribution < -0.4 is 10.6 Å². The van der Waals surface area contributed by atoms with Crippen molar-refractivity contribution in [3.63, 3.8) is 0 Å². The minimum atomic E-state index is -2.80. The van der Waals surface area contributed by atoms with Crippen LogP contribution in [0.15, 0.2) is 64.2 Å². The van der Waals surface area contributed by atoms with Gasteiger partial charge >= 0.3 is 12.8 Å². The van der Waals surface area contributed by atoms with Crippen molar-refractivity contribution in [2.45, 2.75) is 32.1 Å². The maximum Gasteiger partial charge on any atom is 0.417 e. The number of benzene rings is 2. The summed E-state index contributed by atoms with van der Waals surface area (Å²) in [6.45, 7) is 3.50. The van der Waals surface area contributed by atoms with Crippen molar-refractivity contribution in [3.8, 4) is 0 Å². The lowest BCUT2D eigenvalue weighted by Gasteiger charge is -2.22. The Hall–Kier alpha value is -1.93. The molecule has 0 aromatic heterocycles.